The number of hydrogen-bond acceptors (Lipinski definition) is 5. The molecule has 0 spiro atoms. The summed E-state index contributed by atoms with van der Waals surface area (Å²) in [5.41, 5.74) is 0.598. The number of nitrogens with one attached hydrogen (secondary N) is 2. The van der Waals surface area contributed by atoms with Crippen LogP contribution in [0, 0.1) is 0 Å². The molecule has 144 valence electrons. The maximum absolute atomic E-state index is 11.7. The summed E-state index contributed by atoms with van der Waals surface area (Å²) >= 11 is 4.94. The van der Waals surface area contributed by atoms with Crippen LogP contribution in [0.2, 0.25) is 0 Å². The van der Waals surface area contributed by atoms with Crippen molar-refractivity contribution in [1.29, 1.82) is 0 Å². The molecule has 0 aromatic heterocycles. The maximum Gasteiger partial charge on any atom is 1.00 e. The van der Waals surface area contributed by atoms with E-state index in [0.29, 0.717) is 5.69 Å². The van der Waals surface area contributed by atoms with Crippen molar-refractivity contribution in [1.82, 2.24) is 5.32 Å². The Labute approximate surface area is 190 Å². The second-order valence-corrected chi connectivity index (χ2v) is 8.47. The van der Waals surface area contributed by atoms with E-state index in [9.17, 15) is 25.9 Å². The molecular formula is C16H16N2NaO6S3+. The smallest absolute Gasteiger partial charge is 0.366 e. The molecule has 0 saturated carbocycles. The van der Waals surface area contributed by atoms with Crippen LogP contribution < -0.4 is 40.2 Å². The van der Waals surface area contributed by atoms with Gasteiger partial charge in [0.1, 0.15) is 9.79 Å². The molecule has 8 nitrogen and oxygen atoms in total. The van der Waals surface area contributed by atoms with Gasteiger partial charge in [-0.05, 0) is 41.5 Å². The SMILES string of the molecule is CNC(=S)Nc1ccc(/C=C/c2ccccc2S(=O)(=O)O)c(S(=O)(=O)O)c1.[Na+]. The molecule has 2 rings (SSSR count). The molecule has 0 aliphatic carbocycles. The van der Waals surface area contributed by atoms with E-state index in [1.165, 1.54) is 48.6 Å². The third-order valence-electron chi connectivity index (χ3n) is 3.42. The van der Waals surface area contributed by atoms with Crippen LogP contribution in [0.5, 0.6) is 0 Å². The van der Waals surface area contributed by atoms with Gasteiger partial charge >= 0.3 is 29.6 Å². The Morgan fingerprint density at radius 1 is 0.929 bits per heavy atom. The van der Waals surface area contributed by atoms with Crippen molar-refractivity contribution in [2.75, 3.05) is 12.4 Å². The summed E-state index contributed by atoms with van der Waals surface area (Å²) in [6.07, 6.45) is 2.63. The average Bonchev–Trinajstić information content (AvgIpc) is 2.59. The zero-order valence-electron chi connectivity index (χ0n) is 14.9. The first kappa shape index (κ1) is 24.7. The molecule has 0 unspecified atom stereocenters. The van der Waals surface area contributed by atoms with Gasteiger partial charge in [0.05, 0.1) is 0 Å². The van der Waals surface area contributed by atoms with E-state index in [1.54, 1.807) is 13.1 Å². The van der Waals surface area contributed by atoms with Crippen molar-refractivity contribution in [3.8, 4) is 0 Å². The van der Waals surface area contributed by atoms with Crippen molar-refractivity contribution in [3.05, 3.63) is 53.6 Å². The Morgan fingerprint density at radius 2 is 1.46 bits per heavy atom. The summed E-state index contributed by atoms with van der Waals surface area (Å²) in [5.74, 6) is 0. The molecule has 2 aromatic carbocycles. The number of benzene rings is 2. The summed E-state index contributed by atoms with van der Waals surface area (Å²) in [4.78, 5) is -0.723. The van der Waals surface area contributed by atoms with Crippen LogP contribution in [-0.2, 0) is 20.2 Å². The molecule has 2 aromatic rings. The second-order valence-electron chi connectivity index (χ2n) is 5.28. The molecule has 0 radical (unpaired) electrons. The number of hydrogen-bond donors (Lipinski definition) is 4. The van der Waals surface area contributed by atoms with Crippen LogP contribution in [-0.4, -0.2) is 38.1 Å². The summed E-state index contributed by atoms with van der Waals surface area (Å²) in [6, 6.07) is 9.79. The minimum absolute atomic E-state index is 0. The van der Waals surface area contributed by atoms with Gasteiger partial charge < -0.3 is 10.6 Å². The molecule has 0 heterocycles. The van der Waals surface area contributed by atoms with Crippen LogP contribution >= 0.6 is 12.2 Å². The molecule has 4 N–H and O–H groups in total. The fourth-order valence-corrected chi connectivity index (χ4v) is 3.71. The van der Waals surface area contributed by atoms with Gasteiger partial charge in [0.25, 0.3) is 20.2 Å². The van der Waals surface area contributed by atoms with Gasteiger partial charge in [0.15, 0.2) is 5.11 Å². The standard InChI is InChI=1S/C16H16N2O6S3.Na/c1-17-16(25)18-13-9-8-12(15(10-13)27(22,23)24)7-6-11-4-2-3-5-14(11)26(19,20)21;/h2-10H,1H3,(H2,17,18,25)(H,19,20,21)(H,22,23,24);/q;+1/b7-6+;. The summed E-state index contributed by atoms with van der Waals surface area (Å²) in [5, 5.41) is 5.66. The molecule has 0 bridgehead atoms. The maximum atomic E-state index is 11.7. The molecule has 0 atom stereocenters. The Hall–Kier alpha value is -1.31. The zero-order valence-corrected chi connectivity index (χ0v) is 19.4. The monoisotopic (exact) mass is 451 g/mol. The van der Waals surface area contributed by atoms with Crippen molar-refractivity contribution in [2.45, 2.75) is 9.79 Å². The first-order valence-corrected chi connectivity index (χ1v) is 10.7. The second kappa shape index (κ2) is 9.94. The van der Waals surface area contributed by atoms with Crippen LogP contribution in [0.15, 0.2) is 52.3 Å². The van der Waals surface area contributed by atoms with Gasteiger partial charge in [-0.2, -0.15) is 16.8 Å². The van der Waals surface area contributed by atoms with E-state index in [-0.39, 0.29) is 50.7 Å². The topological polar surface area (TPSA) is 133 Å². The minimum Gasteiger partial charge on any atom is -0.366 e. The summed E-state index contributed by atoms with van der Waals surface area (Å²) < 4.78 is 65.0. The van der Waals surface area contributed by atoms with E-state index in [2.05, 4.69) is 10.6 Å². The number of anilines is 1. The van der Waals surface area contributed by atoms with Gasteiger partial charge in [-0.25, -0.2) is 0 Å². The number of rotatable bonds is 5. The van der Waals surface area contributed by atoms with E-state index in [4.69, 9.17) is 12.2 Å². The van der Waals surface area contributed by atoms with Gasteiger partial charge in [-0.1, -0.05) is 36.4 Å². The van der Waals surface area contributed by atoms with Gasteiger partial charge in [-0.3, -0.25) is 9.11 Å². The third-order valence-corrected chi connectivity index (χ3v) is 5.56. The molecule has 0 aliphatic rings. The van der Waals surface area contributed by atoms with E-state index in [1.807, 2.05) is 0 Å². The molecule has 0 amide bonds. The van der Waals surface area contributed by atoms with Crippen molar-refractivity contribution in [2.24, 2.45) is 0 Å². The fraction of sp³-hybridized carbons (Fsp3) is 0.0625. The van der Waals surface area contributed by atoms with E-state index >= 15 is 0 Å². The molecule has 0 fully saturated rings. The van der Waals surface area contributed by atoms with Crippen LogP contribution in [0.1, 0.15) is 11.1 Å². The molecule has 12 heteroatoms. The summed E-state index contributed by atoms with van der Waals surface area (Å²) in [7, 11) is -7.43. The normalized spacial score (nSPS) is 11.7. The molecular weight excluding hydrogens is 435 g/mol. The summed E-state index contributed by atoms with van der Waals surface area (Å²) in [6.45, 7) is 0. The van der Waals surface area contributed by atoms with Crippen LogP contribution in [0.25, 0.3) is 12.2 Å². The zero-order chi connectivity index (χ0) is 20.2. The molecule has 0 saturated heterocycles. The fourth-order valence-electron chi connectivity index (χ4n) is 2.20. The first-order valence-electron chi connectivity index (χ1n) is 7.37. The molecule has 0 aliphatic heterocycles. The Bertz CT molecular complexity index is 1110. The molecule has 28 heavy (non-hydrogen) atoms. The van der Waals surface area contributed by atoms with Gasteiger partial charge in [0, 0.05) is 12.7 Å². The van der Waals surface area contributed by atoms with Crippen molar-refractivity contribution < 1.29 is 55.5 Å². The van der Waals surface area contributed by atoms with Gasteiger partial charge in [-0.15, -0.1) is 0 Å². The van der Waals surface area contributed by atoms with E-state index < -0.39 is 25.1 Å². The van der Waals surface area contributed by atoms with Gasteiger partial charge in [0.2, 0.25) is 0 Å². The Balaban J connectivity index is 0.00000392. The Morgan fingerprint density at radius 3 is 2.00 bits per heavy atom. The van der Waals surface area contributed by atoms with Crippen LogP contribution in [0.3, 0.4) is 0 Å². The van der Waals surface area contributed by atoms with Crippen molar-refractivity contribution >= 4 is 55.4 Å². The predicted octanol–water partition coefficient (Wildman–Crippen LogP) is -0.729. The quantitative estimate of drug-likeness (QED) is 0.201. The van der Waals surface area contributed by atoms with Crippen molar-refractivity contribution in [3.63, 3.8) is 0 Å². The predicted molar refractivity (Wildman–Crippen MR) is 107 cm³/mol. The third kappa shape index (κ3) is 6.64. The van der Waals surface area contributed by atoms with E-state index in [0.717, 1.165) is 0 Å². The number of thiocarbonyl (C=S) groups is 1. The average molecular weight is 452 g/mol. The first-order chi connectivity index (χ1) is 12.5. The Kier molecular flexibility index (Phi) is 8.78. The largest absolute Gasteiger partial charge is 1.00 e. The minimum atomic E-state index is -4.56. The van der Waals surface area contributed by atoms with Crippen LogP contribution in [0.4, 0.5) is 5.69 Å².